The van der Waals surface area contributed by atoms with Crippen molar-refractivity contribution in [1.82, 2.24) is 9.47 Å². The lowest BCUT2D eigenvalue weighted by molar-refractivity contribution is 0.0923. The van der Waals surface area contributed by atoms with Crippen LogP contribution in [0.1, 0.15) is 54.4 Å². The molecular weight excluding hydrogens is 236 g/mol. The molecule has 3 nitrogen and oxygen atoms in total. The molecule has 0 radical (unpaired) electrons. The maximum Gasteiger partial charge on any atom is 0.178 e. The van der Waals surface area contributed by atoms with Gasteiger partial charge >= 0.3 is 0 Å². The monoisotopic (exact) mass is 262 g/mol. The molecule has 0 spiro atoms. The fourth-order valence-corrected chi connectivity index (χ4v) is 2.60. The highest BCUT2D eigenvalue weighted by Crippen LogP contribution is 2.27. The Hall–Kier alpha value is -1.09. The summed E-state index contributed by atoms with van der Waals surface area (Å²) in [5, 5.41) is 0. The fraction of sp³-hybridized carbons (Fsp3) is 0.688. The maximum atomic E-state index is 12.5. The highest BCUT2D eigenvalue weighted by atomic mass is 16.1. The summed E-state index contributed by atoms with van der Waals surface area (Å²) in [4.78, 5) is 14.9. The second kappa shape index (κ2) is 5.91. The van der Waals surface area contributed by atoms with E-state index in [0.717, 1.165) is 23.5 Å². The Bertz CT molecular complexity index is 458. The van der Waals surface area contributed by atoms with Gasteiger partial charge < -0.3 is 4.57 Å². The Balaban J connectivity index is 2.04. The molecular formula is C16H26N2O. The third-order valence-corrected chi connectivity index (χ3v) is 4.28. The number of aromatic nitrogens is 1. The average molecular weight is 262 g/mol. The van der Waals surface area contributed by atoms with Crippen LogP contribution in [0.3, 0.4) is 0 Å². The van der Waals surface area contributed by atoms with Gasteiger partial charge in [0.05, 0.1) is 6.54 Å². The summed E-state index contributed by atoms with van der Waals surface area (Å²) in [6.07, 6.45) is 4.92. The Morgan fingerprint density at radius 1 is 1.42 bits per heavy atom. The number of carbonyl (C=O) groups excluding carboxylic acids is 1. The molecule has 2 rings (SSSR count). The van der Waals surface area contributed by atoms with E-state index in [1.165, 1.54) is 25.7 Å². The van der Waals surface area contributed by atoms with Crippen molar-refractivity contribution in [2.45, 2.75) is 52.5 Å². The third kappa shape index (κ3) is 3.27. The lowest BCUT2D eigenvalue weighted by atomic mass is 10.1. The molecule has 0 amide bonds. The largest absolute Gasteiger partial charge is 0.351 e. The van der Waals surface area contributed by atoms with Gasteiger partial charge in [0.25, 0.3) is 0 Å². The van der Waals surface area contributed by atoms with E-state index in [0.29, 0.717) is 12.6 Å². The summed E-state index contributed by atoms with van der Waals surface area (Å²) in [5.74, 6) is 0.282. The maximum absolute atomic E-state index is 12.5. The zero-order chi connectivity index (χ0) is 14.0. The second-order valence-corrected chi connectivity index (χ2v) is 5.82. The first kappa shape index (κ1) is 14.3. The Morgan fingerprint density at radius 3 is 2.58 bits per heavy atom. The Kier molecular flexibility index (Phi) is 4.46. The van der Waals surface area contributed by atoms with Crippen LogP contribution in [0.4, 0.5) is 0 Å². The van der Waals surface area contributed by atoms with Crippen LogP contribution in [0.5, 0.6) is 0 Å². The van der Waals surface area contributed by atoms with Crippen LogP contribution in [-0.4, -0.2) is 34.4 Å². The van der Waals surface area contributed by atoms with Crippen LogP contribution in [0.15, 0.2) is 6.07 Å². The first-order valence-corrected chi connectivity index (χ1v) is 7.44. The van der Waals surface area contributed by atoms with Crippen molar-refractivity contribution in [1.29, 1.82) is 0 Å². The number of unbranched alkanes of at least 4 members (excludes halogenated alkanes) is 1. The molecule has 1 heterocycles. The first-order chi connectivity index (χ1) is 9.04. The summed E-state index contributed by atoms with van der Waals surface area (Å²) < 4.78 is 2.10. The van der Waals surface area contributed by atoms with Gasteiger partial charge in [0.15, 0.2) is 5.78 Å². The average Bonchev–Trinajstić information content (AvgIpc) is 3.19. The summed E-state index contributed by atoms with van der Waals surface area (Å²) in [7, 11) is 2.02. The van der Waals surface area contributed by atoms with E-state index in [2.05, 4.69) is 23.3 Å². The summed E-state index contributed by atoms with van der Waals surface area (Å²) in [6.45, 7) is 7.96. The lowest BCUT2D eigenvalue weighted by Crippen LogP contribution is -2.33. The van der Waals surface area contributed by atoms with E-state index in [-0.39, 0.29) is 5.78 Å². The zero-order valence-electron chi connectivity index (χ0n) is 12.7. The van der Waals surface area contributed by atoms with Crippen LogP contribution in [0.25, 0.3) is 0 Å². The molecule has 0 unspecified atom stereocenters. The molecule has 19 heavy (non-hydrogen) atoms. The fourth-order valence-electron chi connectivity index (χ4n) is 2.60. The van der Waals surface area contributed by atoms with Crippen LogP contribution in [0.2, 0.25) is 0 Å². The molecule has 0 aliphatic heterocycles. The van der Waals surface area contributed by atoms with Crippen LogP contribution in [0, 0.1) is 13.8 Å². The van der Waals surface area contributed by atoms with Crippen molar-refractivity contribution in [2.75, 3.05) is 13.1 Å². The minimum atomic E-state index is 0.282. The molecule has 106 valence electrons. The number of carbonyl (C=O) groups is 1. The van der Waals surface area contributed by atoms with Crippen LogP contribution >= 0.6 is 0 Å². The van der Waals surface area contributed by atoms with Crippen LogP contribution in [-0.2, 0) is 7.05 Å². The van der Waals surface area contributed by atoms with Gasteiger partial charge in [-0.25, -0.2) is 0 Å². The minimum Gasteiger partial charge on any atom is -0.351 e. The molecule has 3 heteroatoms. The van der Waals surface area contributed by atoms with Gasteiger partial charge in [-0.3, -0.25) is 9.69 Å². The number of hydrogen-bond acceptors (Lipinski definition) is 2. The number of hydrogen-bond donors (Lipinski definition) is 0. The molecule has 1 aromatic rings. The van der Waals surface area contributed by atoms with E-state index in [1.54, 1.807) is 0 Å². The van der Waals surface area contributed by atoms with Crippen LogP contribution < -0.4 is 0 Å². The van der Waals surface area contributed by atoms with Crippen molar-refractivity contribution in [3.8, 4) is 0 Å². The molecule has 0 aromatic carbocycles. The Morgan fingerprint density at radius 2 is 2.11 bits per heavy atom. The first-order valence-electron chi connectivity index (χ1n) is 7.44. The van der Waals surface area contributed by atoms with Gasteiger partial charge in [0.2, 0.25) is 0 Å². The van der Waals surface area contributed by atoms with Crippen molar-refractivity contribution in [2.24, 2.45) is 7.05 Å². The normalized spacial score (nSPS) is 15.2. The topological polar surface area (TPSA) is 25.2 Å². The lowest BCUT2D eigenvalue weighted by Gasteiger charge is -2.20. The molecule has 1 aliphatic rings. The van der Waals surface area contributed by atoms with Crippen molar-refractivity contribution < 1.29 is 4.79 Å². The zero-order valence-corrected chi connectivity index (χ0v) is 12.7. The predicted molar refractivity (Wildman–Crippen MR) is 78.7 cm³/mol. The number of ketones is 1. The van der Waals surface area contributed by atoms with Crippen molar-refractivity contribution in [3.05, 3.63) is 23.0 Å². The smallest absolute Gasteiger partial charge is 0.178 e. The number of aryl methyl sites for hydroxylation is 1. The van der Waals surface area contributed by atoms with Gasteiger partial charge in [-0.15, -0.1) is 0 Å². The van der Waals surface area contributed by atoms with E-state index >= 15 is 0 Å². The summed E-state index contributed by atoms with van der Waals surface area (Å²) in [6, 6.07) is 2.70. The van der Waals surface area contributed by atoms with E-state index in [9.17, 15) is 4.79 Å². The molecule has 1 fully saturated rings. The number of Topliss-reactive ketones (excluding diaryl/α,β-unsaturated/α-hetero) is 1. The third-order valence-electron chi connectivity index (χ3n) is 4.28. The molecule has 0 saturated heterocycles. The molecule has 1 aliphatic carbocycles. The van der Waals surface area contributed by atoms with Crippen molar-refractivity contribution in [3.63, 3.8) is 0 Å². The molecule has 0 N–H and O–H groups in total. The second-order valence-electron chi connectivity index (χ2n) is 5.82. The van der Waals surface area contributed by atoms with Gasteiger partial charge in [0, 0.05) is 30.0 Å². The van der Waals surface area contributed by atoms with E-state index in [1.807, 2.05) is 20.0 Å². The molecule has 0 atom stereocenters. The van der Waals surface area contributed by atoms with E-state index < -0.39 is 0 Å². The van der Waals surface area contributed by atoms with Gasteiger partial charge in [-0.2, -0.15) is 0 Å². The Labute approximate surface area is 116 Å². The van der Waals surface area contributed by atoms with Crippen molar-refractivity contribution >= 4 is 5.78 Å². The minimum absolute atomic E-state index is 0.282. The van der Waals surface area contributed by atoms with Gasteiger partial charge in [-0.05, 0) is 45.7 Å². The number of rotatable bonds is 7. The van der Waals surface area contributed by atoms with Gasteiger partial charge in [-0.1, -0.05) is 13.3 Å². The SMILES string of the molecule is CCCCN(CC(=O)c1cc(C)n(C)c1C)C1CC1. The predicted octanol–water partition coefficient (Wildman–Crippen LogP) is 3.09. The number of nitrogens with zero attached hydrogens (tertiary/aromatic N) is 2. The molecule has 0 bridgehead atoms. The highest BCUT2D eigenvalue weighted by Gasteiger charge is 2.30. The summed E-state index contributed by atoms with van der Waals surface area (Å²) >= 11 is 0. The van der Waals surface area contributed by atoms with E-state index in [4.69, 9.17) is 0 Å². The molecule has 1 aromatic heterocycles. The quantitative estimate of drug-likeness (QED) is 0.706. The van der Waals surface area contributed by atoms with Gasteiger partial charge in [0.1, 0.15) is 0 Å². The molecule has 1 saturated carbocycles. The highest BCUT2D eigenvalue weighted by molar-refractivity contribution is 5.99. The summed E-state index contributed by atoms with van der Waals surface area (Å²) in [5.41, 5.74) is 3.16. The standard InChI is InChI=1S/C16H26N2O/c1-5-6-9-18(14-7-8-14)11-16(19)15-10-12(2)17(4)13(15)3/h10,14H,5-9,11H2,1-4H3.